The van der Waals surface area contributed by atoms with E-state index in [9.17, 15) is 4.79 Å². The van der Waals surface area contributed by atoms with E-state index in [0.29, 0.717) is 24.4 Å². The van der Waals surface area contributed by atoms with Crippen LogP contribution in [0.2, 0.25) is 0 Å². The summed E-state index contributed by atoms with van der Waals surface area (Å²) in [5, 5.41) is 9.63. The SMILES string of the molecule is O=C1C(P(O)O)CCCCN1O. The van der Waals surface area contributed by atoms with E-state index in [0.717, 1.165) is 6.42 Å². The number of hydroxylamine groups is 2. The molecule has 0 bridgehead atoms. The van der Waals surface area contributed by atoms with Crippen molar-refractivity contribution < 1.29 is 19.8 Å². The van der Waals surface area contributed by atoms with Gasteiger partial charge in [-0.3, -0.25) is 10.0 Å². The summed E-state index contributed by atoms with van der Waals surface area (Å²) in [5.74, 6) is -0.566. The molecule has 12 heavy (non-hydrogen) atoms. The fraction of sp³-hybridized carbons (Fsp3) is 0.833. The number of hydrogen-bond donors (Lipinski definition) is 3. The quantitative estimate of drug-likeness (QED) is 0.406. The van der Waals surface area contributed by atoms with Crippen LogP contribution in [0.3, 0.4) is 0 Å². The molecule has 0 radical (unpaired) electrons. The van der Waals surface area contributed by atoms with Crippen molar-refractivity contribution in [3.8, 4) is 0 Å². The van der Waals surface area contributed by atoms with Gasteiger partial charge in [0.15, 0.2) is 8.38 Å². The zero-order valence-corrected chi connectivity index (χ0v) is 7.44. The van der Waals surface area contributed by atoms with Gasteiger partial charge in [0.05, 0.1) is 0 Å². The first kappa shape index (κ1) is 9.86. The maximum atomic E-state index is 11.2. The topological polar surface area (TPSA) is 81.0 Å². The molecule has 0 aromatic rings. The van der Waals surface area contributed by atoms with Crippen LogP contribution in [-0.4, -0.2) is 38.2 Å². The van der Waals surface area contributed by atoms with Gasteiger partial charge in [-0.2, -0.15) is 0 Å². The first-order chi connectivity index (χ1) is 5.63. The largest absolute Gasteiger partial charge is 0.349 e. The minimum atomic E-state index is -2.25. The van der Waals surface area contributed by atoms with Gasteiger partial charge in [-0.05, 0) is 12.8 Å². The molecule has 6 heteroatoms. The molecule has 1 fully saturated rings. The number of nitrogens with zero attached hydrogens (tertiary/aromatic N) is 1. The standard InChI is InChI=1S/C6H12NO4P/c8-6-5(12(10)11)3-1-2-4-7(6)9/h5,9-11H,1-4H2. The number of hydrogen-bond acceptors (Lipinski definition) is 4. The van der Waals surface area contributed by atoms with Gasteiger partial charge in [-0.25, -0.2) is 5.06 Å². The van der Waals surface area contributed by atoms with E-state index in [2.05, 4.69) is 0 Å². The van der Waals surface area contributed by atoms with E-state index in [4.69, 9.17) is 15.0 Å². The number of rotatable bonds is 1. The molecule has 3 N–H and O–H groups in total. The fourth-order valence-corrected chi connectivity index (χ4v) is 1.96. The Morgan fingerprint density at radius 2 is 2.08 bits per heavy atom. The van der Waals surface area contributed by atoms with Crippen LogP contribution >= 0.6 is 8.38 Å². The number of amides is 1. The summed E-state index contributed by atoms with van der Waals surface area (Å²) in [6.07, 6.45) is 1.91. The zero-order valence-electron chi connectivity index (χ0n) is 6.55. The van der Waals surface area contributed by atoms with Crippen molar-refractivity contribution in [3.63, 3.8) is 0 Å². The van der Waals surface area contributed by atoms with Gasteiger partial charge in [-0.1, -0.05) is 6.42 Å². The smallest absolute Gasteiger partial charge is 0.257 e. The molecule has 5 nitrogen and oxygen atoms in total. The van der Waals surface area contributed by atoms with Crippen molar-refractivity contribution in [2.75, 3.05) is 6.54 Å². The lowest BCUT2D eigenvalue weighted by Crippen LogP contribution is -2.34. The molecule has 0 spiro atoms. The summed E-state index contributed by atoms with van der Waals surface area (Å²) in [7, 11) is -2.25. The second kappa shape index (κ2) is 4.14. The number of carbonyl (C=O) groups excluding carboxylic acids is 1. The summed E-state index contributed by atoms with van der Waals surface area (Å²) < 4.78 is 0. The minimum absolute atomic E-state index is 0.290. The maximum absolute atomic E-state index is 11.2. The summed E-state index contributed by atoms with van der Waals surface area (Å²) in [4.78, 5) is 28.9. The van der Waals surface area contributed by atoms with Gasteiger partial charge in [0, 0.05) is 6.54 Å². The van der Waals surface area contributed by atoms with E-state index in [1.165, 1.54) is 0 Å². The van der Waals surface area contributed by atoms with Crippen LogP contribution in [0.1, 0.15) is 19.3 Å². The predicted molar refractivity (Wildman–Crippen MR) is 42.5 cm³/mol. The Labute approximate surface area is 71.5 Å². The van der Waals surface area contributed by atoms with Crippen LogP contribution < -0.4 is 0 Å². The molecule has 1 saturated heterocycles. The molecule has 0 aromatic heterocycles. The molecular formula is C6H12NO4P. The highest BCUT2D eigenvalue weighted by Crippen LogP contribution is 2.36. The lowest BCUT2D eigenvalue weighted by atomic mass is 10.2. The highest BCUT2D eigenvalue weighted by molar-refractivity contribution is 7.47. The van der Waals surface area contributed by atoms with Crippen molar-refractivity contribution >= 4 is 14.3 Å². The molecule has 1 heterocycles. The highest BCUT2D eigenvalue weighted by Gasteiger charge is 2.31. The normalized spacial score (nSPS) is 26.2. The van der Waals surface area contributed by atoms with Crippen LogP contribution in [0.25, 0.3) is 0 Å². The Morgan fingerprint density at radius 3 is 2.67 bits per heavy atom. The maximum Gasteiger partial charge on any atom is 0.257 e. The van der Waals surface area contributed by atoms with Crippen molar-refractivity contribution in [2.45, 2.75) is 24.9 Å². The van der Waals surface area contributed by atoms with Crippen LogP contribution in [0.15, 0.2) is 0 Å². The molecular weight excluding hydrogens is 181 g/mol. The van der Waals surface area contributed by atoms with Crippen LogP contribution in [-0.2, 0) is 4.79 Å². The molecule has 1 rings (SSSR count). The monoisotopic (exact) mass is 193 g/mol. The van der Waals surface area contributed by atoms with E-state index >= 15 is 0 Å². The lowest BCUT2D eigenvalue weighted by Gasteiger charge is -2.18. The van der Waals surface area contributed by atoms with Gasteiger partial charge in [-0.15, -0.1) is 0 Å². The average Bonchev–Trinajstić information content (AvgIpc) is 2.15. The van der Waals surface area contributed by atoms with Gasteiger partial charge in [0.25, 0.3) is 5.91 Å². The first-order valence-corrected chi connectivity index (χ1v) is 5.12. The third-order valence-corrected chi connectivity index (χ3v) is 2.95. The molecule has 1 aliphatic rings. The minimum Gasteiger partial charge on any atom is -0.349 e. The van der Waals surface area contributed by atoms with Crippen LogP contribution in [0, 0.1) is 0 Å². The Bertz CT molecular complexity index is 175. The van der Waals surface area contributed by atoms with Crippen molar-refractivity contribution in [3.05, 3.63) is 0 Å². The Kier molecular flexibility index (Phi) is 3.40. The van der Waals surface area contributed by atoms with Crippen molar-refractivity contribution in [1.29, 1.82) is 0 Å². The van der Waals surface area contributed by atoms with Crippen molar-refractivity contribution in [1.82, 2.24) is 5.06 Å². The molecule has 1 atom stereocenters. The second-order valence-corrected chi connectivity index (χ2v) is 4.06. The molecule has 1 unspecified atom stereocenters. The van der Waals surface area contributed by atoms with Gasteiger partial charge in [0.2, 0.25) is 0 Å². The summed E-state index contributed by atoms with van der Waals surface area (Å²) in [6.45, 7) is 0.290. The molecule has 0 aromatic carbocycles. The zero-order chi connectivity index (χ0) is 9.14. The third kappa shape index (κ3) is 2.14. The predicted octanol–water partition coefficient (Wildman–Crippen LogP) is 0.0532. The summed E-state index contributed by atoms with van der Waals surface area (Å²) in [6, 6.07) is 0. The van der Waals surface area contributed by atoms with Gasteiger partial charge in [0.1, 0.15) is 5.66 Å². The Hall–Kier alpha value is -0.220. The average molecular weight is 193 g/mol. The van der Waals surface area contributed by atoms with Crippen molar-refractivity contribution in [2.24, 2.45) is 0 Å². The van der Waals surface area contributed by atoms with Crippen LogP contribution in [0.4, 0.5) is 0 Å². The number of carbonyl (C=O) groups is 1. The van der Waals surface area contributed by atoms with Crippen LogP contribution in [0.5, 0.6) is 0 Å². The first-order valence-electron chi connectivity index (χ1n) is 3.80. The summed E-state index contributed by atoms with van der Waals surface area (Å²) in [5.41, 5.74) is -0.799. The van der Waals surface area contributed by atoms with E-state index in [1.54, 1.807) is 0 Å². The van der Waals surface area contributed by atoms with E-state index < -0.39 is 19.9 Å². The van der Waals surface area contributed by atoms with Gasteiger partial charge >= 0.3 is 0 Å². The second-order valence-electron chi connectivity index (χ2n) is 2.79. The fourth-order valence-electron chi connectivity index (χ4n) is 1.22. The molecule has 0 aliphatic carbocycles. The molecule has 70 valence electrons. The Balaban J connectivity index is 2.64. The molecule has 0 saturated carbocycles. The highest BCUT2D eigenvalue weighted by atomic mass is 31.2. The van der Waals surface area contributed by atoms with Gasteiger partial charge < -0.3 is 9.79 Å². The van der Waals surface area contributed by atoms with E-state index in [1.807, 2.05) is 0 Å². The molecule has 1 aliphatic heterocycles. The lowest BCUT2D eigenvalue weighted by molar-refractivity contribution is -0.163. The Morgan fingerprint density at radius 1 is 1.42 bits per heavy atom. The summed E-state index contributed by atoms with van der Waals surface area (Å²) >= 11 is 0. The van der Waals surface area contributed by atoms with E-state index in [-0.39, 0.29) is 0 Å². The third-order valence-electron chi connectivity index (χ3n) is 1.92. The molecule has 1 amide bonds.